The summed E-state index contributed by atoms with van der Waals surface area (Å²) in [7, 11) is 0. The van der Waals surface area contributed by atoms with E-state index in [0.717, 1.165) is 10.2 Å². The number of hydrogen-bond acceptors (Lipinski definition) is 4. The van der Waals surface area contributed by atoms with Crippen molar-refractivity contribution >= 4 is 50.3 Å². The maximum atomic E-state index is 12.2. The third-order valence-electron chi connectivity index (χ3n) is 2.63. The van der Waals surface area contributed by atoms with Crippen LogP contribution in [-0.4, -0.2) is 21.5 Å². The minimum atomic E-state index is -0.608. The molecule has 1 aromatic heterocycles. The highest BCUT2D eigenvalue weighted by molar-refractivity contribution is 9.10. The van der Waals surface area contributed by atoms with Crippen LogP contribution in [0.1, 0.15) is 26.3 Å². The van der Waals surface area contributed by atoms with Crippen molar-refractivity contribution in [1.29, 1.82) is 0 Å². The molecule has 7 heteroatoms. The van der Waals surface area contributed by atoms with Gasteiger partial charge in [-0.15, -0.1) is 5.10 Å². The Morgan fingerprint density at radius 3 is 2.65 bits per heavy atom. The molecule has 1 heterocycles. The third kappa shape index (κ3) is 2.62. The minimum absolute atomic E-state index is 0.222. The van der Waals surface area contributed by atoms with Crippen molar-refractivity contribution in [2.45, 2.75) is 33.3 Å². The van der Waals surface area contributed by atoms with Crippen LogP contribution in [0.15, 0.2) is 10.5 Å². The van der Waals surface area contributed by atoms with E-state index in [-0.39, 0.29) is 5.82 Å². The van der Waals surface area contributed by atoms with Gasteiger partial charge >= 0.3 is 6.09 Å². The lowest BCUT2D eigenvalue weighted by molar-refractivity contribution is 0.0523. The molecular formula is C13H15BrClN3O2. The van der Waals surface area contributed by atoms with E-state index in [2.05, 4.69) is 21.0 Å². The topological polar surface area (TPSA) is 70.1 Å². The number of aromatic nitrogens is 2. The van der Waals surface area contributed by atoms with E-state index in [0.29, 0.717) is 20.4 Å². The average Bonchev–Trinajstić information content (AvgIpc) is 2.61. The van der Waals surface area contributed by atoms with Crippen LogP contribution in [0.2, 0.25) is 5.02 Å². The van der Waals surface area contributed by atoms with Gasteiger partial charge in [0.25, 0.3) is 0 Å². The first-order valence-corrected chi connectivity index (χ1v) is 7.15. The molecule has 0 spiro atoms. The van der Waals surface area contributed by atoms with E-state index in [1.54, 1.807) is 26.8 Å². The van der Waals surface area contributed by atoms with Crippen molar-refractivity contribution in [3.8, 4) is 0 Å². The fourth-order valence-electron chi connectivity index (χ4n) is 1.80. The molecule has 5 nitrogen and oxygen atoms in total. The zero-order chi connectivity index (χ0) is 15.2. The molecule has 2 rings (SSSR count). The molecule has 0 fully saturated rings. The zero-order valence-electron chi connectivity index (χ0n) is 11.6. The van der Waals surface area contributed by atoms with Crippen molar-refractivity contribution in [3.63, 3.8) is 0 Å². The smallest absolute Gasteiger partial charge is 0.435 e. The molecule has 2 aromatic rings. The van der Waals surface area contributed by atoms with Gasteiger partial charge in [0.2, 0.25) is 0 Å². The highest BCUT2D eigenvalue weighted by Crippen LogP contribution is 2.37. The molecule has 2 N–H and O–H groups in total. The van der Waals surface area contributed by atoms with E-state index in [4.69, 9.17) is 22.1 Å². The van der Waals surface area contributed by atoms with Gasteiger partial charge in [-0.2, -0.15) is 4.68 Å². The molecule has 0 amide bonds. The number of nitrogens with zero attached hydrogens (tertiary/aromatic N) is 2. The van der Waals surface area contributed by atoms with Crippen molar-refractivity contribution in [2.24, 2.45) is 0 Å². The van der Waals surface area contributed by atoms with Crippen LogP contribution >= 0.6 is 27.5 Å². The largest absolute Gasteiger partial charge is 0.442 e. The minimum Gasteiger partial charge on any atom is -0.442 e. The number of benzene rings is 1. The van der Waals surface area contributed by atoms with Crippen molar-refractivity contribution < 1.29 is 9.53 Å². The van der Waals surface area contributed by atoms with E-state index in [9.17, 15) is 4.79 Å². The van der Waals surface area contributed by atoms with Crippen LogP contribution in [0.5, 0.6) is 0 Å². The summed E-state index contributed by atoms with van der Waals surface area (Å²) in [6.45, 7) is 7.21. The Hall–Kier alpha value is -1.27. The quantitative estimate of drug-likeness (QED) is 0.767. The highest BCUT2D eigenvalue weighted by Gasteiger charge is 2.23. The Kier molecular flexibility index (Phi) is 3.73. The van der Waals surface area contributed by atoms with E-state index in [1.165, 1.54) is 0 Å². The third-order valence-corrected chi connectivity index (χ3v) is 4.13. The van der Waals surface area contributed by atoms with Gasteiger partial charge in [0.15, 0.2) is 5.82 Å². The number of fused-ring (bicyclic) bond motifs is 1. The van der Waals surface area contributed by atoms with Crippen LogP contribution in [-0.2, 0) is 4.74 Å². The number of carbonyl (C=O) groups excluding carboxylic acids is 1. The van der Waals surface area contributed by atoms with Crippen LogP contribution in [0.3, 0.4) is 0 Å². The van der Waals surface area contributed by atoms with Crippen LogP contribution in [0.4, 0.5) is 10.6 Å². The molecular weight excluding hydrogens is 346 g/mol. The molecule has 0 aliphatic heterocycles. The Morgan fingerprint density at radius 2 is 2.10 bits per heavy atom. The van der Waals surface area contributed by atoms with Gasteiger partial charge in [0.05, 0.1) is 15.9 Å². The predicted molar refractivity (Wildman–Crippen MR) is 83.2 cm³/mol. The molecule has 0 atom stereocenters. The summed E-state index contributed by atoms with van der Waals surface area (Å²) in [6.07, 6.45) is -0.576. The number of rotatable bonds is 0. The number of aryl methyl sites for hydroxylation is 1. The second-order valence-electron chi connectivity index (χ2n) is 5.49. The fourth-order valence-corrected chi connectivity index (χ4v) is 2.67. The molecule has 108 valence electrons. The Balaban J connectivity index is 2.65. The second-order valence-corrected chi connectivity index (χ2v) is 6.66. The molecule has 0 saturated carbocycles. The molecule has 0 aliphatic carbocycles. The first-order chi connectivity index (χ1) is 9.11. The molecule has 20 heavy (non-hydrogen) atoms. The summed E-state index contributed by atoms with van der Waals surface area (Å²) in [5.74, 6) is 0.222. The summed E-state index contributed by atoms with van der Waals surface area (Å²) >= 11 is 9.56. The first-order valence-electron chi connectivity index (χ1n) is 5.98. The summed E-state index contributed by atoms with van der Waals surface area (Å²) < 4.78 is 7.10. The molecule has 0 radical (unpaired) electrons. The average molecular weight is 361 g/mol. The number of anilines is 1. The standard InChI is InChI=1S/C13H15BrClN3O2/c1-6-5-7-8(9(14)10(6)15)11(16)17-18(7)12(19)20-13(2,3)4/h5H,1-4H3,(H2,16,17). The van der Waals surface area contributed by atoms with Gasteiger partial charge in [-0.3, -0.25) is 0 Å². The summed E-state index contributed by atoms with van der Waals surface area (Å²) in [5, 5.41) is 5.20. The molecule has 1 aromatic carbocycles. The highest BCUT2D eigenvalue weighted by atomic mass is 79.9. The normalized spacial score (nSPS) is 11.9. The lowest BCUT2D eigenvalue weighted by Crippen LogP contribution is -2.27. The number of hydrogen-bond donors (Lipinski definition) is 1. The van der Waals surface area contributed by atoms with Crippen LogP contribution in [0.25, 0.3) is 10.9 Å². The Bertz CT molecular complexity index is 704. The molecule has 0 bridgehead atoms. The van der Waals surface area contributed by atoms with Gasteiger partial charge in [0, 0.05) is 4.47 Å². The van der Waals surface area contributed by atoms with Crippen molar-refractivity contribution in [1.82, 2.24) is 9.78 Å². The molecule has 0 aliphatic rings. The predicted octanol–water partition coefficient (Wildman–Crippen LogP) is 4.13. The van der Waals surface area contributed by atoms with Crippen LogP contribution in [0, 0.1) is 6.92 Å². The zero-order valence-corrected chi connectivity index (χ0v) is 14.0. The monoisotopic (exact) mass is 359 g/mol. The maximum absolute atomic E-state index is 12.2. The number of ether oxygens (including phenoxy) is 1. The fraction of sp³-hybridized carbons (Fsp3) is 0.385. The summed E-state index contributed by atoms with van der Waals surface area (Å²) in [6, 6.07) is 1.76. The number of halogens is 2. The second kappa shape index (κ2) is 4.93. The van der Waals surface area contributed by atoms with Crippen molar-refractivity contribution in [2.75, 3.05) is 5.73 Å². The summed E-state index contributed by atoms with van der Waals surface area (Å²) in [5.41, 5.74) is 6.64. The number of nitrogens with two attached hydrogens (primary N) is 1. The summed E-state index contributed by atoms with van der Waals surface area (Å²) in [4.78, 5) is 12.2. The lowest BCUT2D eigenvalue weighted by Gasteiger charge is -2.19. The maximum Gasteiger partial charge on any atom is 0.435 e. The van der Waals surface area contributed by atoms with Gasteiger partial charge in [-0.05, 0) is 55.3 Å². The van der Waals surface area contributed by atoms with E-state index >= 15 is 0 Å². The lowest BCUT2D eigenvalue weighted by atomic mass is 10.2. The Labute approximate surface area is 130 Å². The van der Waals surface area contributed by atoms with E-state index in [1.807, 2.05) is 6.92 Å². The van der Waals surface area contributed by atoms with Crippen molar-refractivity contribution in [3.05, 3.63) is 21.1 Å². The van der Waals surface area contributed by atoms with Gasteiger partial charge in [0.1, 0.15) is 5.60 Å². The van der Waals surface area contributed by atoms with E-state index < -0.39 is 11.7 Å². The number of nitrogen functional groups attached to an aromatic ring is 1. The van der Waals surface area contributed by atoms with Gasteiger partial charge < -0.3 is 10.5 Å². The molecule has 0 unspecified atom stereocenters. The van der Waals surface area contributed by atoms with Gasteiger partial charge in [-0.25, -0.2) is 4.79 Å². The Morgan fingerprint density at radius 1 is 1.50 bits per heavy atom. The number of carbonyl (C=O) groups is 1. The van der Waals surface area contributed by atoms with Crippen LogP contribution < -0.4 is 5.73 Å². The molecule has 0 saturated heterocycles. The SMILES string of the molecule is Cc1cc2c(c(N)nn2C(=O)OC(C)(C)C)c(Br)c1Cl. The van der Waals surface area contributed by atoms with Gasteiger partial charge in [-0.1, -0.05) is 11.6 Å². The first kappa shape index (κ1) is 15.1.